The van der Waals surface area contributed by atoms with Crippen LogP contribution in [-0.4, -0.2) is 23.8 Å². The molecule has 0 radical (unpaired) electrons. The lowest BCUT2D eigenvalue weighted by atomic mass is 10.1. The van der Waals surface area contributed by atoms with Gasteiger partial charge in [0.15, 0.2) is 17.2 Å². The lowest BCUT2D eigenvalue weighted by molar-refractivity contribution is 0.101. The molecule has 1 heterocycles. The van der Waals surface area contributed by atoms with E-state index >= 15 is 0 Å². The Balaban J connectivity index is 0.000000436. The number of ketones is 1. The number of Topliss-reactive ketones (excluding diaryl/α,β-unsaturated/α-hetero) is 1. The standard InChI is InChI=1S/C25H20N2O3.C7H12O/c1-16-8-10-19(11-9-16)24(29)26-21-14-12-18(13-15-21)23-22(17(2)28)27-25(30-23)20-6-4-3-5-7-20;1-5-6(2)7(3)8-4/h3-15H,1-2H3,(H,26,29);5H,3H2,1-2,4H3/b;6-5-. The first-order valence-electron chi connectivity index (χ1n) is 12.1. The summed E-state index contributed by atoms with van der Waals surface area (Å²) in [5.41, 5.74) is 5.22. The van der Waals surface area contributed by atoms with Gasteiger partial charge in [-0.25, -0.2) is 4.98 Å². The smallest absolute Gasteiger partial charge is 0.255 e. The quantitative estimate of drug-likeness (QED) is 0.156. The second-order valence-corrected chi connectivity index (χ2v) is 8.62. The van der Waals surface area contributed by atoms with Crippen molar-refractivity contribution in [2.45, 2.75) is 27.7 Å². The largest absolute Gasteiger partial charge is 0.497 e. The zero-order chi connectivity index (χ0) is 27.7. The highest BCUT2D eigenvalue weighted by molar-refractivity contribution is 6.04. The number of benzene rings is 3. The van der Waals surface area contributed by atoms with Gasteiger partial charge in [0.05, 0.1) is 7.11 Å². The number of ether oxygens (including phenoxy) is 1. The summed E-state index contributed by atoms with van der Waals surface area (Å²) in [5, 5.41) is 2.87. The zero-order valence-electron chi connectivity index (χ0n) is 22.4. The van der Waals surface area contributed by atoms with Crippen LogP contribution >= 0.6 is 0 Å². The minimum absolute atomic E-state index is 0.173. The first-order chi connectivity index (χ1) is 18.2. The molecule has 38 heavy (non-hydrogen) atoms. The second-order valence-electron chi connectivity index (χ2n) is 8.62. The number of aromatic nitrogens is 1. The topological polar surface area (TPSA) is 81.4 Å². The second kappa shape index (κ2) is 13.0. The van der Waals surface area contributed by atoms with E-state index in [1.807, 2.05) is 69.3 Å². The highest BCUT2D eigenvalue weighted by Gasteiger charge is 2.19. The maximum atomic E-state index is 12.4. The number of nitrogens with zero attached hydrogens (tertiary/aromatic N) is 1. The van der Waals surface area contributed by atoms with E-state index in [2.05, 4.69) is 16.9 Å². The van der Waals surface area contributed by atoms with E-state index in [0.717, 1.165) is 22.5 Å². The van der Waals surface area contributed by atoms with Crippen molar-refractivity contribution in [3.63, 3.8) is 0 Å². The first-order valence-corrected chi connectivity index (χ1v) is 12.1. The van der Waals surface area contributed by atoms with Crippen LogP contribution in [-0.2, 0) is 4.74 Å². The summed E-state index contributed by atoms with van der Waals surface area (Å²) in [4.78, 5) is 28.9. The SMILES string of the molecule is C=C(OC)/C(C)=C\C.CC(=O)c1nc(-c2ccccc2)oc1-c1ccc(NC(=O)c2ccc(C)cc2)cc1. The molecule has 0 bridgehead atoms. The monoisotopic (exact) mass is 508 g/mol. The molecule has 0 fully saturated rings. The molecule has 4 aromatic rings. The molecular weight excluding hydrogens is 476 g/mol. The van der Waals surface area contributed by atoms with Gasteiger partial charge in [0.25, 0.3) is 5.91 Å². The maximum Gasteiger partial charge on any atom is 0.255 e. The average Bonchev–Trinajstić information content (AvgIpc) is 3.40. The summed E-state index contributed by atoms with van der Waals surface area (Å²) in [5.74, 6) is 1.20. The Morgan fingerprint density at radius 1 is 0.921 bits per heavy atom. The van der Waals surface area contributed by atoms with Crippen LogP contribution in [0.3, 0.4) is 0 Å². The third kappa shape index (κ3) is 7.17. The average molecular weight is 509 g/mol. The zero-order valence-corrected chi connectivity index (χ0v) is 22.4. The van der Waals surface area contributed by atoms with Gasteiger partial charge in [0.1, 0.15) is 5.76 Å². The predicted molar refractivity (Wildman–Crippen MR) is 152 cm³/mol. The van der Waals surface area contributed by atoms with Crippen molar-refractivity contribution in [1.82, 2.24) is 4.98 Å². The predicted octanol–water partition coefficient (Wildman–Crippen LogP) is 7.88. The van der Waals surface area contributed by atoms with Gasteiger partial charge in [0, 0.05) is 29.3 Å². The number of allylic oxidation sites excluding steroid dienone is 2. The minimum atomic E-state index is -0.182. The molecule has 0 aliphatic rings. The van der Waals surface area contributed by atoms with Gasteiger partial charge in [-0.2, -0.15) is 0 Å². The molecule has 0 atom stereocenters. The fourth-order valence-electron chi connectivity index (χ4n) is 3.39. The third-order valence-corrected chi connectivity index (χ3v) is 5.82. The van der Waals surface area contributed by atoms with Crippen molar-refractivity contribution in [2.24, 2.45) is 0 Å². The molecule has 0 spiro atoms. The molecule has 0 saturated carbocycles. The van der Waals surface area contributed by atoms with Crippen molar-refractivity contribution in [3.8, 4) is 22.8 Å². The number of methoxy groups -OCH3 is 1. The first kappa shape index (κ1) is 27.9. The molecular formula is C32H32N2O4. The highest BCUT2D eigenvalue weighted by Crippen LogP contribution is 2.31. The molecule has 0 aliphatic carbocycles. The van der Waals surface area contributed by atoms with E-state index in [1.165, 1.54) is 6.92 Å². The number of nitrogens with one attached hydrogen (secondary N) is 1. The Hall–Kier alpha value is -4.71. The molecule has 0 aliphatic heterocycles. The van der Waals surface area contributed by atoms with Crippen molar-refractivity contribution >= 4 is 17.4 Å². The third-order valence-electron chi connectivity index (χ3n) is 5.82. The van der Waals surface area contributed by atoms with Crippen LogP contribution in [0.1, 0.15) is 47.2 Å². The maximum absolute atomic E-state index is 12.4. The Kier molecular flexibility index (Phi) is 9.54. The fourth-order valence-corrected chi connectivity index (χ4v) is 3.39. The summed E-state index contributed by atoms with van der Waals surface area (Å²) in [6.45, 7) is 11.0. The number of aryl methyl sites for hydroxylation is 1. The van der Waals surface area contributed by atoms with Crippen LogP contribution in [0.15, 0.2) is 107 Å². The molecule has 6 heteroatoms. The van der Waals surface area contributed by atoms with Crippen LogP contribution in [0.25, 0.3) is 22.8 Å². The number of carbonyl (C=O) groups is 2. The Morgan fingerprint density at radius 3 is 2.08 bits per heavy atom. The number of rotatable bonds is 7. The molecule has 1 N–H and O–H groups in total. The van der Waals surface area contributed by atoms with Crippen LogP contribution in [0.2, 0.25) is 0 Å². The van der Waals surface area contributed by atoms with E-state index in [-0.39, 0.29) is 17.4 Å². The summed E-state index contributed by atoms with van der Waals surface area (Å²) < 4.78 is 10.8. The van der Waals surface area contributed by atoms with Crippen molar-refractivity contribution in [2.75, 3.05) is 12.4 Å². The van der Waals surface area contributed by atoms with Crippen molar-refractivity contribution < 1.29 is 18.7 Å². The van der Waals surface area contributed by atoms with Gasteiger partial charge in [0.2, 0.25) is 5.89 Å². The van der Waals surface area contributed by atoms with Gasteiger partial charge in [-0.05, 0) is 74.9 Å². The van der Waals surface area contributed by atoms with E-state index < -0.39 is 0 Å². The summed E-state index contributed by atoms with van der Waals surface area (Å²) in [6, 6.07) is 24.0. The Morgan fingerprint density at radius 2 is 1.55 bits per heavy atom. The molecule has 1 amide bonds. The van der Waals surface area contributed by atoms with E-state index in [9.17, 15) is 9.59 Å². The van der Waals surface area contributed by atoms with E-state index in [1.54, 1.807) is 43.5 Å². The molecule has 0 unspecified atom stereocenters. The Bertz CT molecular complexity index is 1430. The number of hydrogen-bond acceptors (Lipinski definition) is 5. The summed E-state index contributed by atoms with van der Waals surface area (Å²) in [6.07, 6.45) is 1.96. The van der Waals surface area contributed by atoms with Gasteiger partial charge >= 0.3 is 0 Å². The van der Waals surface area contributed by atoms with Gasteiger partial charge in [-0.15, -0.1) is 0 Å². The highest BCUT2D eigenvalue weighted by atomic mass is 16.5. The van der Waals surface area contributed by atoms with E-state index in [0.29, 0.717) is 28.5 Å². The van der Waals surface area contributed by atoms with Crippen LogP contribution in [0.5, 0.6) is 0 Å². The lowest BCUT2D eigenvalue weighted by Crippen LogP contribution is -2.11. The van der Waals surface area contributed by atoms with Gasteiger partial charge < -0.3 is 14.5 Å². The molecule has 194 valence electrons. The molecule has 6 nitrogen and oxygen atoms in total. The van der Waals surface area contributed by atoms with Crippen molar-refractivity contribution in [3.05, 3.63) is 120 Å². The van der Waals surface area contributed by atoms with E-state index in [4.69, 9.17) is 9.15 Å². The van der Waals surface area contributed by atoms with Gasteiger partial charge in [-0.1, -0.05) is 48.6 Å². The number of oxazole rings is 1. The van der Waals surface area contributed by atoms with Gasteiger partial charge in [-0.3, -0.25) is 9.59 Å². The fraction of sp³-hybridized carbons (Fsp3) is 0.156. The number of carbonyl (C=O) groups excluding carboxylic acids is 2. The number of hydrogen-bond donors (Lipinski definition) is 1. The van der Waals surface area contributed by atoms with Crippen LogP contribution < -0.4 is 5.32 Å². The molecule has 4 rings (SSSR count). The lowest BCUT2D eigenvalue weighted by Gasteiger charge is -2.06. The normalized spacial score (nSPS) is 10.7. The molecule has 0 saturated heterocycles. The number of amides is 1. The molecule has 3 aromatic carbocycles. The Labute approximate surface area is 223 Å². The van der Waals surface area contributed by atoms with Crippen LogP contribution in [0, 0.1) is 6.92 Å². The summed E-state index contributed by atoms with van der Waals surface area (Å²) >= 11 is 0. The minimum Gasteiger partial charge on any atom is -0.497 e. The van der Waals surface area contributed by atoms with Crippen LogP contribution in [0.4, 0.5) is 5.69 Å². The number of anilines is 1. The summed E-state index contributed by atoms with van der Waals surface area (Å²) in [7, 11) is 1.62. The van der Waals surface area contributed by atoms with Crippen molar-refractivity contribution in [1.29, 1.82) is 0 Å². The molecule has 1 aromatic heterocycles.